The van der Waals surface area contributed by atoms with Gasteiger partial charge in [-0.1, -0.05) is 59.7 Å². The number of furan rings is 1. The summed E-state index contributed by atoms with van der Waals surface area (Å²) in [6.07, 6.45) is 6.21. The highest BCUT2D eigenvalue weighted by molar-refractivity contribution is 6.07. The molecule has 0 aliphatic heterocycles. The molecule has 0 bridgehead atoms. The molecule has 3 aromatic rings. The Kier molecular flexibility index (Phi) is 5.62. The third-order valence-electron chi connectivity index (χ3n) is 4.12. The quantitative estimate of drug-likeness (QED) is 0.421. The lowest BCUT2D eigenvalue weighted by Crippen LogP contribution is -1.93. The maximum atomic E-state index is 12.1. The number of hydrogen-bond donors (Lipinski definition) is 0. The van der Waals surface area contributed by atoms with Crippen LogP contribution in [-0.2, 0) is 0 Å². The number of carbonyl (C=O) groups excluding carboxylic acids is 2. The van der Waals surface area contributed by atoms with Gasteiger partial charge in [0, 0.05) is 11.1 Å². The Labute approximate surface area is 158 Å². The topological polar surface area (TPSA) is 47.3 Å². The summed E-state index contributed by atoms with van der Waals surface area (Å²) in [6.45, 7) is 3.96. The van der Waals surface area contributed by atoms with Gasteiger partial charge < -0.3 is 4.42 Å². The van der Waals surface area contributed by atoms with E-state index in [0.717, 1.165) is 11.1 Å². The van der Waals surface area contributed by atoms with Crippen LogP contribution in [0.5, 0.6) is 0 Å². The second-order valence-electron chi connectivity index (χ2n) is 6.37. The van der Waals surface area contributed by atoms with E-state index in [2.05, 4.69) is 0 Å². The van der Waals surface area contributed by atoms with E-state index in [1.54, 1.807) is 48.6 Å². The van der Waals surface area contributed by atoms with E-state index < -0.39 is 0 Å². The summed E-state index contributed by atoms with van der Waals surface area (Å²) in [4.78, 5) is 24.3. The Morgan fingerprint density at radius 3 is 1.37 bits per heavy atom. The van der Waals surface area contributed by atoms with E-state index in [1.165, 1.54) is 12.2 Å². The first-order valence-electron chi connectivity index (χ1n) is 8.69. The second kappa shape index (κ2) is 8.28. The van der Waals surface area contributed by atoms with Gasteiger partial charge in [0.05, 0.1) is 0 Å². The first kappa shape index (κ1) is 18.3. The van der Waals surface area contributed by atoms with Gasteiger partial charge in [0.15, 0.2) is 11.6 Å². The van der Waals surface area contributed by atoms with Gasteiger partial charge in [0.1, 0.15) is 11.5 Å². The van der Waals surface area contributed by atoms with Gasteiger partial charge in [-0.25, -0.2) is 0 Å². The minimum absolute atomic E-state index is 0.0851. The third kappa shape index (κ3) is 5.02. The van der Waals surface area contributed by atoms with E-state index in [0.29, 0.717) is 22.6 Å². The van der Waals surface area contributed by atoms with Crippen LogP contribution < -0.4 is 0 Å². The molecule has 0 spiro atoms. The molecule has 3 heteroatoms. The molecule has 1 heterocycles. The molecule has 0 amide bonds. The van der Waals surface area contributed by atoms with Gasteiger partial charge in [-0.3, -0.25) is 9.59 Å². The molecule has 2 aromatic carbocycles. The predicted molar refractivity (Wildman–Crippen MR) is 108 cm³/mol. The normalized spacial score (nSPS) is 11.3. The number of ketones is 2. The highest BCUT2D eigenvalue weighted by Crippen LogP contribution is 2.13. The standard InChI is InChI=1S/C24H20O3/c1-17-3-7-19(8-4-17)23(25)15-13-21-11-12-22(27-21)14-16-24(26)20-9-5-18(2)6-10-20/h3-16H,1-2H3/b15-13-,16-14+. The molecule has 0 aliphatic rings. The number of allylic oxidation sites excluding steroid dienone is 2. The Balaban J connectivity index is 1.64. The van der Waals surface area contributed by atoms with Crippen molar-refractivity contribution in [3.05, 3.63) is 107 Å². The van der Waals surface area contributed by atoms with Gasteiger partial charge in [0.2, 0.25) is 0 Å². The zero-order valence-corrected chi connectivity index (χ0v) is 15.3. The maximum absolute atomic E-state index is 12.1. The molecule has 0 fully saturated rings. The zero-order valence-electron chi connectivity index (χ0n) is 15.3. The van der Waals surface area contributed by atoms with Crippen molar-refractivity contribution in [3.63, 3.8) is 0 Å². The molecule has 27 heavy (non-hydrogen) atoms. The largest absolute Gasteiger partial charge is 0.457 e. The molecular weight excluding hydrogens is 336 g/mol. The number of benzene rings is 2. The number of carbonyl (C=O) groups is 2. The summed E-state index contributed by atoms with van der Waals surface area (Å²) < 4.78 is 5.62. The average Bonchev–Trinajstić information content (AvgIpc) is 3.13. The van der Waals surface area contributed by atoms with Crippen molar-refractivity contribution in [2.24, 2.45) is 0 Å². The first-order valence-corrected chi connectivity index (χ1v) is 8.69. The van der Waals surface area contributed by atoms with Crippen LogP contribution in [0.4, 0.5) is 0 Å². The van der Waals surface area contributed by atoms with Crippen molar-refractivity contribution in [1.82, 2.24) is 0 Å². The average molecular weight is 356 g/mol. The highest BCUT2D eigenvalue weighted by Gasteiger charge is 2.04. The fourth-order valence-corrected chi connectivity index (χ4v) is 2.49. The van der Waals surface area contributed by atoms with Crippen molar-refractivity contribution in [3.8, 4) is 0 Å². The summed E-state index contributed by atoms with van der Waals surface area (Å²) in [5.74, 6) is 0.937. The highest BCUT2D eigenvalue weighted by atomic mass is 16.3. The summed E-state index contributed by atoms with van der Waals surface area (Å²) in [6, 6.07) is 18.3. The van der Waals surface area contributed by atoms with Crippen molar-refractivity contribution in [2.45, 2.75) is 13.8 Å². The van der Waals surface area contributed by atoms with E-state index in [-0.39, 0.29) is 11.6 Å². The Morgan fingerprint density at radius 1 is 0.630 bits per heavy atom. The number of rotatable bonds is 6. The summed E-state index contributed by atoms with van der Waals surface area (Å²) in [5, 5.41) is 0. The smallest absolute Gasteiger partial charge is 0.185 e. The number of hydrogen-bond acceptors (Lipinski definition) is 3. The predicted octanol–water partition coefficient (Wildman–Crippen LogP) is 5.69. The minimum atomic E-state index is -0.0851. The van der Waals surface area contributed by atoms with Gasteiger partial charge in [-0.05, 0) is 50.3 Å². The van der Waals surface area contributed by atoms with Gasteiger partial charge in [-0.15, -0.1) is 0 Å². The molecule has 1 aromatic heterocycles. The van der Waals surface area contributed by atoms with Crippen LogP contribution in [0.3, 0.4) is 0 Å². The summed E-state index contributed by atoms with van der Waals surface area (Å²) in [5.41, 5.74) is 3.48. The molecule has 0 saturated heterocycles. The first-order chi connectivity index (χ1) is 13.0. The van der Waals surface area contributed by atoms with E-state index in [4.69, 9.17) is 4.42 Å². The van der Waals surface area contributed by atoms with E-state index in [1.807, 2.05) is 38.1 Å². The molecule has 3 nitrogen and oxygen atoms in total. The monoisotopic (exact) mass is 356 g/mol. The van der Waals surface area contributed by atoms with Gasteiger partial charge in [0.25, 0.3) is 0 Å². The molecular formula is C24H20O3. The van der Waals surface area contributed by atoms with Crippen molar-refractivity contribution in [2.75, 3.05) is 0 Å². The molecule has 0 saturated carbocycles. The lowest BCUT2D eigenvalue weighted by atomic mass is 10.1. The van der Waals surface area contributed by atoms with Crippen LogP contribution in [0.25, 0.3) is 12.2 Å². The third-order valence-corrected chi connectivity index (χ3v) is 4.12. The Bertz CT molecular complexity index is 919. The van der Waals surface area contributed by atoms with Gasteiger partial charge in [-0.2, -0.15) is 0 Å². The van der Waals surface area contributed by atoms with Crippen LogP contribution in [0, 0.1) is 13.8 Å². The molecule has 3 rings (SSSR count). The lowest BCUT2D eigenvalue weighted by molar-refractivity contribution is 0.103. The van der Waals surface area contributed by atoms with Crippen molar-refractivity contribution < 1.29 is 14.0 Å². The molecule has 0 atom stereocenters. The number of aryl methyl sites for hydroxylation is 2. The Hall–Kier alpha value is -3.46. The van der Waals surface area contributed by atoms with E-state index >= 15 is 0 Å². The van der Waals surface area contributed by atoms with Crippen LogP contribution in [0.2, 0.25) is 0 Å². The molecule has 0 N–H and O–H groups in total. The molecule has 134 valence electrons. The Morgan fingerprint density at radius 2 is 1.00 bits per heavy atom. The van der Waals surface area contributed by atoms with Crippen molar-refractivity contribution >= 4 is 23.7 Å². The summed E-state index contributed by atoms with van der Waals surface area (Å²) >= 11 is 0. The summed E-state index contributed by atoms with van der Waals surface area (Å²) in [7, 11) is 0. The fourth-order valence-electron chi connectivity index (χ4n) is 2.49. The van der Waals surface area contributed by atoms with Crippen LogP contribution in [0.1, 0.15) is 43.4 Å². The molecule has 0 unspecified atom stereocenters. The van der Waals surface area contributed by atoms with E-state index in [9.17, 15) is 9.59 Å². The maximum Gasteiger partial charge on any atom is 0.185 e. The minimum Gasteiger partial charge on any atom is -0.457 e. The zero-order chi connectivity index (χ0) is 19.2. The second-order valence-corrected chi connectivity index (χ2v) is 6.37. The van der Waals surface area contributed by atoms with Crippen LogP contribution in [0.15, 0.2) is 77.2 Å². The van der Waals surface area contributed by atoms with Crippen molar-refractivity contribution in [1.29, 1.82) is 0 Å². The fraction of sp³-hybridized carbons (Fsp3) is 0.0833. The molecule has 0 radical (unpaired) electrons. The molecule has 0 aliphatic carbocycles. The SMILES string of the molecule is Cc1ccc(C(=O)/C=C\c2ccc(/C=C/C(=O)c3ccc(C)cc3)o2)cc1. The van der Waals surface area contributed by atoms with Crippen LogP contribution >= 0.6 is 0 Å². The lowest BCUT2D eigenvalue weighted by Gasteiger charge is -1.96. The van der Waals surface area contributed by atoms with Crippen LogP contribution in [-0.4, -0.2) is 11.6 Å². The van der Waals surface area contributed by atoms with Gasteiger partial charge >= 0.3 is 0 Å².